The van der Waals surface area contributed by atoms with Crippen molar-refractivity contribution in [3.8, 4) is 17.2 Å². The second-order valence-corrected chi connectivity index (χ2v) is 9.88. The molecule has 6 atom stereocenters. The highest BCUT2D eigenvalue weighted by atomic mass is 16.5. The second kappa shape index (κ2) is 6.76. The van der Waals surface area contributed by atoms with Crippen LogP contribution in [0.25, 0.3) is 0 Å². The maximum atomic E-state index is 11.9. The minimum Gasteiger partial charge on any atom is -0.504 e. The molecule has 3 N–H and O–H groups in total. The van der Waals surface area contributed by atoms with Crippen molar-refractivity contribution in [3.63, 3.8) is 0 Å². The quantitative estimate of drug-likeness (QED) is 0.677. The zero-order valence-corrected chi connectivity index (χ0v) is 18.1. The van der Waals surface area contributed by atoms with Crippen molar-refractivity contribution in [2.75, 3.05) is 20.7 Å². The fourth-order valence-electron chi connectivity index (χ4n) is 6.92. The minimum absolute atomic E-state index is 0.0258. The summed E-state index contributed by atoms with van der Waals surface area (Å²) in [6.45, 7) is 4.83. The molecule has 5 rings (SSSR count). The number of phenolic OH excluding ortho intramolecular Hbond substituents is 1. The Labute approximate surface area is 177 Å². The molecule has 2 aliphatic carbocycles. The standard InChI is InChI=1S/C23H32N2O5/c1-11(2)19(22(27)28)24-14-6-5-13-15-9-12-17(29-4)10-16(26)20-18(12)23(13,21(14)30-20)7-8-25(15)3/h10-11,13-15,19,21,24,26H,5-9H2,1-4H3,(H,27,28)/t13-,14-,15+,19-,21-,23-/m0/s1. The van der Waals surface area contributed by atoms with Crippen molar-refractivity contribution in [1.82, 2.24) is 10.2 Å². The Hall–Kier alpha value is -1.99. The summed E-state index contributed by atoms with van der Waals surface area (Å²) in [6, 6.07) is 1.39. The second-order valence-electron chi connectivity index (χ2n) is 9.88. The summed E-state index contributed by atoms with van der Waals surface area (Å²) in [4.78, 5) is 14.3. The van der Waals surface area contributed by atoms with Gasteiger partial charge in [-0.1, -0.05) is 13.8 Å². The van der Waals surface area contributed by atoms with Crippen LogP contribution >= 0.6 is 0 Å². The Morgan fingerprint density at radius 3 is 2.83 bits per heavy atom. The third-order valence-corrected chi connectivity index (χ3v) is 8.23. The van der Waals surface area contributed by atoms with Crippen LogP contribution < -0.4 is 14.8 Å². The molecule has 2 bridgehead atoms. The van der Waals surface area contributed by atoms with E-state index in [1.165, 1.54) is 0 Å². The van der Waals surface area contributed by atoms with Crippen molar-refractivity contribution >= 4 is 5.97 Å². The highest BCUT2D eigenvalue weighted by molar-refractivity contribution is 5.74. The van der Waals surface area contributed by atoms with Gasteiger partial charge < -0.3 is 24.6 Å². The van der Waals surface area contributed by atoms with Gasteiger partial charge in [-0.25, -0.2) is 0 Å². The monoisotopic (exact) mass is 416 g/mol. The van der Waals surface area contributed by atoms with E-state index in [0.29, 0.717) is 17.7 Å². The van der Waals surface area contributed by atoms with Crippen LogP contribution in [-0.2, 0) is 16.6 Å². The number of nitrogens with zero attached hydrogens (tertiary/aromatic N) is 1. The Morgan fingerprint density at radius 1 is 1.40 bits per heavy atom. The van der Waals surface area contributed by atoms with Crippen LogP contribution in [0.15, 0.2) is 6.07 Å². The van der Waals surface area contributed by atoms with Gasteiger partial charge >= 0.3 is 5.97 Å². The number of aromatic hydroxyl groups is 1. The zero-order valence-electron chi connectivity index (χ0n) is 18.1. The summed E-state index contributed by atoms with van der Waals surface area (Å²) < 4.78 is 12.2. The molecule has 2 aliphatic heterocycles. The molecule has 164 valence electrons. The lowest BCUT2D eigenvalue weighted by Crippen LogP contribution is -2.69. The van der Waals surface area contributed by atoms with Gasteiger partial charge in [0, 0.05) is 34.7 Å². The Balaban J connectivity index is 1.64. The number of hydrogen-bond donors (Lipinski definition) is 3. The number of rotatable bonds is 5. The molecule has 1 aromatic carbocycles. The van der Waals surface area contributed by atoms with E-state index in [1.807, 2.05) is 13.8 Å². The fraction of sp³-hybridized carbons (Fsp3) is 0.696. The van der Waals surface area contributed by atoms with Gasteiger partial charge in [-0.2, -0.15) is 0 Å². The van der Waals surface area contributed by atoms with Gasteiger partial charge in [-0.3, -0.25) is 10.1 Å². The number of phenols is 1. The smallest absolute Gasteiger partial charge is 0.320 e. The summed E-state index contributed by atoms with van der Waals surface area (Å²) in [5.41, 5.74) is 2.07. The van der Waals surface area contributed by atoms with Gasteiger partial charge in [0.25, 0.3) is 0 Å². The lowest BCUT2D eigenvalue weighted by Gasteiger charge is -2.59. The minimum atomic E-state index is -0.824. The molecule has 1 aromatic rings. The number of carboxylic acids is 1. The average Bonchev–Trinajstić information content (AvgIpc) is 3.05. The Morgan fingerprint density at radius 2 is 2.17 bits per heavy atom. The molecule has 4 aliphatic rings. The van der Waals surface area contributed by atoms with E-state index in [2.05, 4.69) is 17.3 Å². The van der Waals surface area contributed by atoms with Crippen molar-refractivity contribution in [2.45, 2.75) is 69.2 Å². The van der Waals surface area contributed by atoms with E-state index in [9.17, 15) is 15.0 Å². The Kier molecular flexibility index (Phi) is 4.49. The highest BCUT2D eigenvalue weighted by Gasteiger charge is 2.66. The number of carboxylic acid groups (broad SMARTS) is 1. The molecule has 7 heteroatoms. The molecule has 30 heavy (non-hydrogen) atoms. The molecular weight excluding hydrogens is 384 g/mol. The molecule has 7 nitrogen and oxygen atoms in total. The predicted octanol–water partition coefficient (Wildman–Crippen LogP) is 2.14. The van der Waals surface area contributed by atoms with Crippen molar-refractivity contribution in [1.29, 1.82) is 0 Å². The number of hydrogen-bond acceptors (Lipinski definition) is 6. The third-order valence-electron chi connectivity index (χ3n) is 8.23. The van der Waals surface area contributed by atoms with Crippen LogP contribution in [0, 0.1) is 11.8 Å². The van der Waals surface area contributed by atoms with Crippen LogP contribution in [0.2, 0.25) is 0 Å². The van der Waals surface area contributed by atoms with Crippen LogP contribution in [0.5, 0.6) is 17.2 Å². The van der Waals surface area contributed by atoms with Crippen molar-refractivity contribution in [3.05, 3.63) is 17.2 Å². The van der Waals surface area contributed by atoms with Crippen molar-refractivity contribution < 1.29 is 24.5 Å². The first-order valence-electron chi connectivity index (χ1n) is 11.1. The molecule has 1 spiro atoms. The largest absolute Gasteiger partial charge is 0.504 e. The summed E-state index contributed by atoms with van der Waals surface area (Å²) in [5, 5.41) is 24.0. The van der Waals surface area contributed by atoms with E-state index >= 15 is 0 Å². The number of piperidine rings is 1. The van der Waals surface area contributed by atoms with E-state index in [-0.39, 0.29) is 29.2 Å². The predicted molar refractivity (Wildman–Crippen MR) is 111 cm³/mol. The number of carbonyl (C=O) groups is 1. The molecule has 2 fully saturated rings. The van der Waals surface area contributed by atoms with E-state index in [1.54, 1.807) is 13.2 Å². The number of benzene rings is 1. The number of aliphatic carboxylic acids is 1. The lowest BCUT2D eigenvalue weighted by atomic mass is 9.51. The number of likely N-dealkylation sites (tertiary alicyclic amines) is 1. The maximum absolute atomic E-state index is 11.9. The molecular formula is C23H32N2O5. The number of methoxy groups -OCH3 is 1. The summed E-state index contributed by atoms with van der Waals surface area (Å²) >= 11 is 0. The van der Waals surface area contributed by atoms with Gasteiger partial charge in [0.2, 0.25) is 0 Å². The fourth-order valence-corrected chi connectivity index (χ4v) is 6.92. The molecule has 1 saturated carbocycles. The summed E-state index contributed by atoms with van der Waals surface area (Å²) in [7, 11) is 3.85. The molecule has 0 aromatic heterocycles. The third kappa shape index (κ3) is 2.48. The van der Waals surface area contributed by atoms with Crippen LogP contribution in [0.4, 0.5) is 0 Å². The maximum Gasteiger partial charge on any atom is 0.320 e. The summed E-state index contributed by atoms with van der Waals surface area (Å²) in [6.07, 6.45) is 3.55. The highest BCUT2D eigenvalue weighted by Crippen LogP contribution is 2.65. The molecule has 1 saturated heterocycles. The normalized spacial score (nSPS) is 35.0. The van der Waals surface area contributed by atoms with Gasteiger partial charge in [0.1, 0.15) is 17.9 Å². The number of ether oxygens (including phenoxy) is 2. The average molecular weight is 417 g/mol. The van der Waals surface area contributed by atoms with E-state index in [4.69, 9.17) is 9.47 Å². The van der Waals surface area contributed by atoms with Crippen LogP contribution in [-0.4, -0.2) is 66.0 Å². The first kappa shape index (κ1) is 19.9. The van der Waals surface area contributed by atoms with Gasteiger partial charge in [-0.15, -0.1) is 0 Å². The first-order valence-corrected chi connectivity index (χ1v) is 11.1. The van der Waals surface area contributed by atoms with Crippen molar-refractivity contribution in [2.24, 2.45) is 11.8 Å². The van der Waals surface area contributed by atoms with Crippen LogP contribution in [0.3, 0.4) is 0 Å². The Bertz CT molecular complexity index is 887. The summed E-state index contributed by atoms with van der Waals surface area (Å²) in [5.74, 6) is 1.03. The van der Waals surface area contributed by atoms with Gasteiger partial charge in [0.05, 0.1) is 7.11 Å². The number of likely N-dealkylation sites (N-methyl/N-ethyl adjacent to an activating group) is 1. The zero-order chi connectivity index (χ0) is 21.4. The molecule has 0 radical (unpaired) electrons. The first-order chi connectivity index (χ1) is 14.3. The molecule has 2 heterocycles. The van der Waals surface area contributed by atoms with Gasteiger partial charge in [-0.05, 0) is 51.1 Å². The van der Waals surface area contributed by atoms with E-state index < -0.39 is 12.0 Å². The lowest BCUT2D eigenvalue weighted by molar-refractivity contribution is -0.141. The van der Waals surface area contributed by atoms with Gasteiger partial charge in [0.15, 0.2) is 11.5 Å². The topological polar surface area (TPSA) is 91.3 Å². The number of nitrogens with one attached hydrogen (secondary N) is 1. The molecule has 0 amide bonds. The van der Waals surface area contributed by atoms with Crippen LogP contribution in [0.1, 0.15) is 44.2 Å². The SMILES string of the molecule is COc1cc(O)c2c3c1C[C@@H]1[C@@H]4CC[C@H](N[C@H](C(=O)O)C(C)C)[C@H](O2)[C@]34CCN1C. The van der Waals surface area contributed by atoms with E-state index in [0.717, 1.165) is 49.1 Å². The molecule has 0 unspecified atom stereocenters.